The summed E-state index contributed by atoms with van der Waals surface area (Å²) in [5.41, 5.74) is 0.219. The standard InChI is InChI=1S/C10H10N4O2S/c1-5-4-14-6-7(11-9(14)17-5)12(2)10(16)13(3)8(6)15/h4H,1-3H3. The highest BCUT2D eigenvalue weighted by atomic mass is 32.1. The summed E-state index contributed by atoms with van der Waals surface area (Å²) in [7, 11) is 3.09. The number of thiazole rings is 1. The van der Waals surface area contributed by atoms with Crippen molar-refractivity contribution in [2.24, 2.45) is 14.1 Å². The molecule has 3 aromatic rings. The van der Waals surface area contributed by atoms with Gasteiger partial charge >= 0.3 is 5.69 Å². The van der Waals surface area contributed by atoms with Crippen molar-refractivity contribution in [3.05, 3.63) is 31.9 Å². The van der Waals surface area contributed by atoms with Gasteiger partial charge in [-0.2, -0.15) is 0 Å². The average molecular weight is 250 g/mol. The fourth-order valence-electron chi connectivity index (χ4n) is 1.94. The third kappa shape index (κ3) is 1.17. The van der Waals surface area contributed by atoms with Gasteiger partial charge in [0.15, 0.2) is 16.1 Å². The normalized spacial score (nSPS) is 11.7. The van der Waals surface area contributed by atoms with E-state index in [9.17, 15) is 9.59 Å². The molecule has 0 aliphatic carbocycles. The van der Waals surface area contributed by atoms with Crippen molar-refractivity contribution in [2.75, 3.05) is 0 Å². The fourth-order valence-corrected chi connectivity index (χ4v) is 2.76. The molecule has 0 bridgehead atoms. The van der Waals surface area contributed by atoms with Gasteiger partial charge in [-0.15, -0.1) is 11.3 Å². The van der Waals surface area contributed by atoms with Gasteiger partial charge in [0.25, 0.3) is 5.56 Å². The maximum Gasteiger partial charge on any atom is 0.332 e. The maximum atomic E-state index is 12.1. The van der Waals surface area contributed by atoms with Gasteiger partial charge in [-0.25, -0.2) is 9.78 Å². The summed E-state index contributed by atoms with van der Waals surface area (Å²) < 4.78 is 4.24. The van der Waals surface area contributed by atoms with E-state index in [1.165, 1.54) is 23.0 Å². The molecule has 0 saturated heterocycles. The smallest absolute Gasteiger partial charge is 0.284 e. The topological polar surface area (TPSA) is 61.3 Å². The number of imidazole rings is 1. The first-order valence-electron chi connectivity index (χ1n) is 5.05. The molecule has 3 rings (SSSR count). The van der Waals surface area contributed by atoms with E-state index >= 15 is 0 Å². The highest BCUT2D eigenvalue weighted by Crippen LogP contribution is 2.19. The lowest BCUT2D eigenvalue weighted by molar-refractivity contribution is 0.708. The Kier molecular flexibility index (Phi) is 1.86. The third-order valence-corrected chi connectivity index (χ3v) is 3.72. The van der Waals surface area contributed by atoms with Crippen molar-refractivity contribution in [1.82, 2.24) is 18.5 Å². The number of hydrogen-bond donors (Lipinski definition) is 0. The van der Waals surface area contributed by atoms with Crippen LogP contribution in [-0.4, -0.2) is 18.5 Å². The Hall–Kier alpha value is -1.89. The lowest BCUT2D eigenvalue weighted by Gasteiger charge is -2.01. The molecule has 0 radical (unpaired) electrons. The van der Waals surface area contributed by atoms with Gasteiger partial charge < -0.3 is 0 Å². The Bertz CT molecular complexity index is 864. The van der Waals surface area contributed by atoms with Crippen LogP contribution in [-0.2, 0) is 14.1 Å². The second-order valence-corrected chi connectivity index (χ2v) is 5.20. The molecule has 0 unspecified atom stereocenters. The van der Waals surface area contributed by atoms with Crippen LogP contribution in [0, 0.1) is 6.92 Å². The summed E-state index contributed by atoms with van der Waals surface area (Å²) in [4.78, 5) is 30.0. The van der Waals surface area contributed by atoms with Crippen LogP contribution in [0.1, 0.15) is 4.88 Å². The van der Waals surface area contributed by atoms with Crippen LogP contribution in [0.25, 0.3) is 16.1 Å². The molecule has 17 heavy (non-hydrogen) atoms. The second kappa shape index (κ2) is 3.07. The number of nitrogens with zero attached hydrogens (tertiary/aromatic N) is 4. The van der Waals surface area contributed by atoms with Crippen molar-refractivity contribution in [3.63, 3.8) is 0 Å². The maximum absolute atomic E-state index is 12.1. The van der Waals surface area contributed by atoms with E-state index in [4.69, 9.17) is 0 Å². The van der Waals surface area contributed by atoms with E-state index < -0.39 is 0 Å². The number of aromatic nitrogens is 4. The third-order valence-electron chi connectivity index (χ3n) is 2.82. The number of aryl methyl sites for hydroxylation is 2. The van der Waals surface area contributed by atoms with E-state index in [1.54, 1.807) is 11.4 Å². The molecule has 0 aliphatic heterocycles. The predicted molar refractivity (Wildman–Crippen MR) is 65.8 cm³/mol. The first-order valence-corrected chi connectivity index (χ1v) is 5.86. The van der Waals surface area contributed by atoms with Crippen LogP contribution in [0.4, 0.5) is 0 Å². The molecule has 0 fully saturated rings. The Balaban J connectivity index is 2.73. The molecule has 0 saturated carbocycles. The van der Waals surface area contributed by atoms with Crippen LogP contribution in [0.15, 0.2) is 15.8 Å². The number of hydrogen-bond acceptors (Lipinski definition) is 4. The Morgan fingerprint density at radius 3 is 2.65 bits per heavy atom. The molecule has 3 heterocycles. The first-order chi connectivity index (χ1) is 8.00. The first kappa shape index (κ1) is 10.3. The summed E-state index contributed by atoms with van der Waals surface area (Å²) >= 11 is 1.50. The SMILES string of the molecule is Cc1cn2c(nc3c2c(=O)n(C)c(=O)n3C)s1. The van der Waals surface area contributed by atoms with Gasteiger partial charge in [0.1, 0.15) is 0 Å². The quantitative estimate of drug-likeness (QED) is 0.575. The van der Waals surface area contributed by atoms with E-state index in [2.05, 4.69) is 4.98 Å². The summed E-state index contributed by atoms with van der Waals surface area (Å²) in [5, 5.41) is 0. The fraction of sp³-hybridized carbons (Fsp3) is 0.300. The van der Waals surface area contributed by atoms with Crippen molar-refractivity contribution < 1.29 is 0 Å². The second-order valence-electron chi connectivity index (χ2n) is 3.98. The van der Waals surface area contributed by atoms with Gasteiger partial charge in [0.2, 0.25) is 0 Å². The van der Waals surface area contributed by atoms with E-state index in [0.29, 0.717) is 11.2 Å². The van der Waals surface area contributed by atoms with Crippen LogP contribution in [0.5, 0.6) is 0 Å². The molecule has 7 heteroatoms. The minimum atomic E-state index is -0.357. The molecule has 0 amide bonds. The van der Waals surface area contributed by atoms with Crippen LogP contribution < -0.4 is 11.2 Å². The average Bonchev–Trinajstić information content (AvgIpc) is 2.79. The van der Waals surface area contributed by atoms with Crippen molar-refractivity contribution in [3.8, 4) is 0 Å². The lowest BCUT2D eigenvalue weighted by atomic mass is 10.5. The minimum Gasteiger partial charge on any atom is -0.284 e. The highest BCUT2D eigenvalue weighted by molar-refractivity contribution is 7.17. The molecule has 88 valence electrons. The van der Waals surface area contributed by atoms with E-state index in [-0.39, 0.29) is 11.2 Å². The number of fused-ring (bicyclic) bond motifs is 3. The monoisotopic (exact) mass is 250 g/mol. The van der Waals surface area contributed by atoms with Gasteiger partial charge in [-0.05, 0) is 6.92 Å². The Morgan fingerprint density at radius 2 is 1.94 bits per heavy atom. The number of rotatable bonds is 0. The lowest BCUT2D eigenvalue weighted by Crippen LogP contribution is -2.37. The van der Waals surface area contributed by atoms with Gasteiger partial charge in [-0.1, -0.05) is 0 Å². The molecule has 0 aliphatic rings. The zero-order valence-corrected chi connectivity index (χ0v) is 10.4. The molecule has 6 nitrogen and oxygen atoms in total. The molecule has 0 spiro atoms. The van der Waals surface area contributed by atoms with Crippen molar-refractivity contribution in [1.29, 1.82) is 0 Å². The van der Waals surface area contributed by atoms with Crippen LogP contribution in [0.2, 0.25) is 0 Å². The molecular formula is C10H10N4O2S. The Morgan fingerprint density at radius 1 is 1.24 bits per heavy atom. The van der Waals surface area contributed by atoms with Crippen molar-refractivity contribution >= 4 is 27.5 Å². The minimum absolute atomic E-state index is 0.312. The zero-order valence-electron chi connectivity index (χ0n) is 9.59. The molecule has 0 N–H and O–H groups in total. The Labute approximate surface area is 99.4 Å². The van der Waals surface area contributed by atoms with Crippen LogP contribution >= 0.6 is 11.3 Å². The summed E-state index contributed by atoms with van der Waals surface area (Å²) in [6.07, 6.45) is 1.86. The largest absolute Gasteiger partial charge is 0.332 e. The molecule has 0 atom stereocenters. The molecular weight excluding hydrogens is 240 g/mol. The highest BCUT2D eigenvalue weighted by Gasteiger charge is 2.15. The molecule has 0 aromatic carbocycles. The summed E-state index contributed by atoms with van der Waals surface area (Å²) in [6.45, 7) is 1.96. The predicted octanol–water partition coefficient (Wildman–Crippen LogP) is 0.255. The van der Waals surface area contributed by atoms with E-state index in [0.717, 1.165) is 14.4 Å². The zero-order chi connectivity index (χ0) is 12.3. The van der Waals surface area contributed by atoms with Gasteiger partial charge in [-0.3, -0.25) is 18.3 Å². The van der Waals surface area contributed by atoms with Crippen molar-refractivity contribution in [2.45, 2.75) is 6.92 Å². The summed E-state index contributed by atoms with van der Waals surface area (Å²) in [5.74, 6) is 0. The van der Waals surface area contributed by atoms with E-state index in [1.807, 2.05) is 13.1 Å². The van der Waals surface area contributed by atoms with Crippen LogP contribution in [0.3, 0.4) is 0 Å². The van der Waals surface area contributed by atoms with Gasteiger partial charge in [0.05, 0.1) is 0 Å². The van der Waals surface area contributed by atoms with Gasteiger partial charge in [0, 0.05) is 25.2 Å². The molecule has 3 aromatic heterocycles. The summed E-state index contributed by atoms with van der Waals surface area (Å²) in [6, 6.07) is 0.